The van der Waals surface area contributed by atoms with Crippen LogP contribution < -0.4 is 15.2 Å². The van der Waals surface area contributed by atoms with E-state index in [-0.39, 0.29) is 12.0 Å². The zero-order chi connectivity index (χ0) is 18.5. The van der Waals surface area contributed by atoms with Crippen LogP contribution in [0.3, 0.4) is 0 Å². The molecule has 0 aliphatic carbocycles. The Kier molecular flexibility index (Phi) is 6.01. The Morgan fingerprint density at radius 3 is 2.69 bits per heavy atom. The Hall–Kier alpha value is -2.24. The highest BCUT2D eigenvalue weighted by Crippen LogP contribution is 2.36. The van der Waals surface area contributed by atoms with Crippen LogP contribution in [-0.2, 0) is 13.0 Å². The quantitative estimate of drug-likeness (QED) is 0.779. The molecular weight excluding hydrogens is 328 g/mol. The van der Waals surface area contributed by atoms with Crippen molar-refractivity contribution in [3.63, 3.8) is 0 Å². The molecule has 0 bridgehead atoms. The molecule has 2 atom stereocenters. The first-order valence-electron chi connectivity index (χ1n) is 9.06. The van der Waals surface area contributed by atoms with Crippen LogP contribution in [0.4, 0.5) is 5.69 Å². The lowest BCUT2D eigenvalue weighted by molar-refractivity contribution is 0.0366. The summed E-state index contributed by atoms with van der Waals surface area (Å²) in [7, 11) is 3.71. The Morgan fingerprint density at radius 2 is 1.96 bits per heavy atom. The highest BCUT2D eigenvalue weighted by atomic mass is 16.5. The van der Waals surface area contributed by atoms with Gasteiger partial charge in [0.2, 0.25) is 0 Å². The fraction of sp³-hybridized carbons (Fsp3) is 0.429. The van der Waals surface area contributed by atoms with Crippen molar-refractivity contribution in [2.24, 2.45) is 5.92 Å². The predicted octanol–water partition coefficient (Wildman–Crippen LogP) is 2.71. The lowest BCUT2D eigenvalue weighted by Crippen LogP contribution is -2.41. The normalized spacial score (nSPS) is 20.7. The summed E-state index contributed by atoms with van der Waals surface area (Å²) in [6, 6.07) is 13.9. The van der Waals surface area contributed by atoms with E-state index >= 15 is 0 Å². The number of hydrogen-bond donors (Lipinski definition) is 2. The van der Waals surface area contributed by atoms with Crippen LogP contribution in [-0.4, -0.2) is 43.4 Å². The van der Waals surface area contributed by atoms with E-state index < -0.39 is 0 Å². The SMILES string of the molecule is COc1cc(CC2CN(C)CCC2O)cc(N)c1OCc1ccccc1. The average molecular weight is 356 g/mol. The fourth-order valence-electron chi connectivity index (χ4n) is 3.54. The summed E-state index contributed by atoms with van der Waals surface area (Å²) in [6.07, 6.45) is 1.31. The van der Waals surface area contributed by atoms with Gasteiger partial charge in [0, 0.05) is 19.0 Å². The minimum atomic E-state index is -0.271. The molecule has 0 saturated carbocycles. The second-order valence-electron chi connectivity index (χ2n) is 7.07. The van der Waals surface area contributed by atoms with Crippen LogP contribution in [0.5, 0.6) is 11.5 Å². The highest BCUT2D eigenvalue weighted by molar-refractivity contribution is 5.62. The first-order chi connectivity index (χ1) is 12.6. The third-order valence-corrected chi connectivity index (χ3v) is 4.98. The van der Waals surface area contributed by atoms with E-state index in [1.54, 1.807) is 7.11 Å². The third-order valence-electron chi connectivity index (χ3n) is 4.98. The van der Waals surface area contributed by atoms with Gasteiger partial charge < -0.3 is 25.2 Å². The number of aliphatic hydroxyl groups excluding tert-OH is 1. The number of methoxy groups -OCH3 is 1. The maximum absolute atomic E-state index is 10.3. The van der Waals surface area contributed by atoms with Gasteiger partial charge in [-0.1, -0.05) is 30.3 Å². The minimum absolute atomic E-state index is 0.203. The molecule has 0 spiro atoms. The molecule has 3 rings (SSSR count). The van der Waals surface area contributed by atoms with Gasteiger partial charge in [0.05, 0.1) is 18.9 Å². The van der Waals surface area contributed by atoms with Gasteiger partial charge in [0.15, 0.2) is 11.5 Å². The molecule has 26 heavy (non-hydrogen) atoms. The first-order valence-corrected chi connectivity index (χ1v) is 9.06. The van der Waals surface area contributed by atoms with Gasteiger partial charge in [-0.25, -0.2) is 0 Å². The number of nitrogens with zero attached hydrogens (tertiary/aromatic N) is 1. The second kappa shape index (κ2) is 8.43. The van der Waals surface area contributed by atoms with Crippen LogP contribution >= 0.6 is 0 Å². The monoisotopic (exact) mass is 356 g/mol. The molecule has 0 amide bonds. The standard InChI is InChI=1S/C21H28N2O3/c1-23-9-8-19(24)17(13-23)10-16-11-18(22)21(20(12-16)25-2)26-14-15-6-4-3-5-7-15/h3-7,11-12,17,19,24H,8-10,13-14,22H2,1-2H3. The number of likely N-dealkylation sites (tertiary alicyclic amines) is 1. The van der Waals surface area contributed by atoms with Crippen molar-refractivity contribution in [3.8, 4) is 11.5 Å². The van der Waals surface area contributed by atoms with Crippen LogP contribution in [0.2, 0.25) is 0 Å². The lowest BCUT2D eigenvalue weighted by Gasteiger charge is -2.34. The summed E-state index contributed by atoms with van der Waals surface area (Å²) < 4.78 is 11.4. The van der Waals surface area contributed by atoms with E-state index in [1.807, 2.05) is 42.5 Å². The number of anilines is 1. The number of nitrogen functional groups attached to an aromatic ring is 1. The van der Waals surface area contributed by atoms with Crippen LogP contribution in [0.1, 0.15) is 17.5 Å². The fourth-order valence-corrected chi connectivity index (χ4v) is 3.54. The van der Waals surface area contributed by atoms with Crippen molar-refractivity contribution < 1.29 is 14.6 Å². The number of nitrogens with two attached hydrogens (primary N) is 1. The first kappa shape index (κ1) is 18.5. The molecular formula is C21H28N2O3. The van der Waals surface area contributed by atoms with E-state index in [9.17, 15) is 5.11 Å². The van der Waals surface area contributed by atoms with Crippen molar-refractivity contribution >= 4 is 5.69 Å². The van der Waals surface area contributed by atoms with Crippen LogP contribution in [0.15, 0.2) is 42.5 Å². The molecule has 3 N–H and O–H groups in total. The number of piperidine rings is 1. The summed E-state index contributed by atoms with van der Waals surface area (Å²) >= 11 is 0. The topological polar surface area (TPSA) is 68.0 Å². The zero-order valence-corrected chi connectivity index (χ0v) is 15.5. The minimum Gasteiger partial charge on any atom is -0.493 e. The number of aliphatic hydroxyl groups is 1. The van der Waals surface area contributed by atoms with Gasteiger partial charge in [-0.05, 0) is 43.1 Å². The van der Waals surface area contributed by atoms with Crippen molar-refractivity contribution in [2.75, 3.05) is 33.0 Å². The number of ether oxygens (including phenoxy) is 2. The van der Waals surface area contributed by atoms with Crippen molar-refractivity contribution in [1.29, 1.82) is 0 Å². The average Bonchev–Trinajstić information content (AvgIpc) is 2.64. The smallest absolute Gasteiger partial charge is 0.184 e. The van der Waals surface area contributed by atoms with Crippen molar-refractivity contribution in [1.82, 2.24) is 4.90 Å². The molecule has 0 aromatic heterocycles. The molecule has 1 aliphatic heterocycles. The molecule has 1 aliphatic rings. The van der Waals surface area contributed by atoms with Gasteiger partial charge in [0.1, 0.15) is 6.61 Å². The molecule has 0 radical (unpaired) electrons. The Morgan fingerprint density at radius 1 is 1.19 bits per heavy atom. The van der Waals surface area contributed by atoms with Gasteiger partial charge >= 0.3 is 0 Å². The maximum atomic E-state index is 10.3. The molecule has 140 valence electrons. The van der Waals surface area contributed by atoms with E-state index in [0.717, 1.165) is 37.1 Å². The summed E-state index contributed by atoms with van der Waals surface area (Å²) in [5, 5.41) is 10.3. The second-order valence-corrected chi connectivity index (χ2v) is 7.07. The van der Waals surface area contributed by atoms with Gasteiger partial charge in [-0.2, -0.15) is 0 Å². The number of rotatable bonds is 6. The maximum Gasteiger partial charge on any atom is 0.184 e. The van der Waals surface area contributed by atoms with Gasteiger partial charge in [0.25, 0.3) is 0 Å². The van der Waals surface area contributed by atoms with Gasteiger partial charge in [-0.3, -0.25) is 0 Å². The van der Waals surface area contributed by atoms with E-state index in [4.69, 9.17) is 15.2 Å². The number of benzene rings is 2. The van der Waals surface area contributed by atoms with E-state index in [1.165, 1.54) is 0 Å². The largest absolute Gasteiger partial charge is 0.493 e. The van der Waals surface area contributed by atoms with E-state index in [0.29, 0.717) is 23.8 Å². The summed E-state index contributed by atoms with van der Waals surface area (Å²) in [5.74, 6) is 1.41. The molecule has 5 heteroatoms. The molecule has 5 nitrogen and oxygen atoms in total. The molecule has 1 heterocycles. The Balaban J connectivity index is 1.74. The van der Waals surface area contributed by atoms with E-state index in [2.05, 4.69) is 11.9 Å². The van der Waals surface area contributed by atoms with Gasteiger partial charge in [-0.15, -0.1) is 0 Å². The summed E-state index contributed by atoms with van der Waals surface area (Å²) in [4.78, 5) is 2.26. The Labute approximate surface area is 155 Å². The molecule has 2 unspecified atom stereocenters. The van der Waals surface area contributed by atoms with Crippen molar-refractivity contribution in [3.05, 3.63) is 53.6 Å². The number of hydrogen-bond acceptors (Lipinski definition) is 5. The zero-order valence-electron chi connectivity index (χ0n) is 15.5. The molecule has 2 aromatic carbocycles. The highest BCUT2D eigenvalue weighted by Gasteiger charge is 2.26. The summed E-state index contributed by atoms with van der Waals surface area (Å²) in [6.45, 7) is 2.26. The van der Waals surface area contributed by atoms with Crippen LogP contribution in [0.25, 0.3) is 0 Å². The molecule has 1 saturated heterocycles. The third kappa shape index (κ3) is 4.48. The predicted molar refractivity (Wildman–Crippen MR) is 103 cm³/mol. The molecule has 2 aromatic rings. The van der Waals surface area contributed by atoms with Crippen molar-refractivity contribution in [2.45, 2.75) is 25.6 Å². The Bertz CT molecular complexity index is 721. The van der Waals surface area contributed by atoms with Crippen LogP contribution in [0, 0.1) is 5.92 Å². The molecule has 1 fully saturated rings. The lowest BCUT2D eigenvalue weighted by atomic mass is 9.88. The summed E-state index contributed by atoms with van der Waals surface area (Å²) in [5.41, 5.74) is 8.95.